The number of hydrazone groups is 1. The van der Waals surface area contributed by atoms with E-state index in [2.05, 4.69) is 27.1 Å². The summed E-state index contributed by atoms with van der Waals surface area (Å²) < 4.78 is 41.0. The van der Waals surface area contributed by atoms with Gasteiger partial charge < -0.3 is 30.1 Å². The molecule has 4 atom stereocenters. The topological polar surface area (TPSA) is 195 Å². The minimum atomic E-state index is -4.89. The van der Waals surface area contributed by atoms with E-state index in [1.807, 2.05) is 12.1 Å². The molecule has 36 heavy (non-hydrogen) atoms. The third kappa shape index (κ3) is 6.91. The predicted octanol–water partition coefficient (Wildman–Crippen LogP) is 1.12. The van der Waals surface area contributed by atoms with E-state index < -0.39 is 53.2 Å². The normalized spacial score (nSPS) is 22.4. The third-order valence-electron chi connectivity index (χ3n) is 5.23. The lowest BCUT2D eigenvalue weighted by atomic mass is 10.1. The molecule has 2 heterocycles. The van der Waals surface area contributed by atoms with E-state index >= 15 is 0 Å². The van der Waals surface area contributed by atoms with Gasteiger partial charge >= 0.3 is 7.60 Å². The number of aromatic nitrogens is 2. The average molecular weight is 584 g/mol. The molecule has 0 amide bonds. The molecule has 13 nitrogen and oxygen atoms in total. The fourth-order valence-corrected chi connectivity index (χ4v) is 7.21. The molecule has 1 aromatic carbocycles. The largest absolute Gasteiger partial charge is 0.387 e. The molecule has 1 aromatic heterocycles. The van der Waals surface area contributed by atoms with E-state index in [0.717, 1.165) is 10.6 Å². The van der Waals surface area contributed by atoms with Gasteiger partial charge in [0.1, 0.15) is 24.1 Å². The number of anilines is 2. The van der Waals surface area contributed by atoms with Crippen LogP contribution in [-0.4, -0.2) is 80.9 Å². The number of halogens is 2. The molecule has 0 spiro atoms. The highest BCUT2D eigenvalue weighted by Crippen LogP contribution is 2.38. The van der Waals surface area contributed by atoms with Gasteiger partial charge in [-0.05, 0) is 30.2 Å². The molecule has 0 saturated carbocycles. The Bertz CT molecular complexity index is 1280. The zero-order valence-electron chi connectivity index (χ0n) is 18.8. The van der Waals surface area contributed by atoms with E-state index in [1.54, 1.807) is 19.1 Å². The van der Waals surface area contributed by atoms with Crippen molar-refractivity contribution in [1.82, 2.24) is 9.97 Å². The number of hydrogen-bond donors (Lipinski definition) is 5. The lowest BCUT2D eigenvalue weighted by Gasteiger charge is -2.28. The van der Waals surface area contributed by atoms with Crippen molar-refractivity contribution in [2.24, 2.45) is 5.10 Å². The number of hydrogen-bond acceptors (Lipinski definition) is 11. The van der Waals surface area contributed by atoms with Gasteiger partial charge in [-0.2, -0.15) is 10.1 Å². The summed E-state index contributed by atoms with van der Waals surface area (Å²) in [6.45, 7) is 5.35. The monoisotopic (exact) mass is 583 g/mol. The molecule has 5 N–H and O–H groups in total. The molecule has 0 unspecified atom stereocenters. The SMILES string of the molecule is C=NN(c1nc(Cl)nc(NCc2ccccc2Cl)c1C)[C@@H]1O[C@H](CS(=O)(=O)CP(=O)(O)O)[C@@H](O)[C@H]1O. The molecule has 198 valence electrons. The highest BCUT2D eigenvalue weighted by Gasteiger charge is 2.48. The van der Waals surface area contributed by atoms with Crippen molar-refractivity contribution in [3.8, 4) is 0 Å². The van der Waals surface area contributed by atoms with Crippen LogP contribution in [0.25, 0.3) is 0 Å². The fraction of sp³-hybridized carbons (Fsp3) is 0.421. The number of sulfone groups is 1. The smallest absolute Gasteiger partial charge is 0.340 e. The summed E-state index contributed by atoms with van der Waals surface area (Å²) in [5.74, 6) is -0.611. The van der Waals surface area contributed by atoms with Crippen molar-refractivity contribution in [2.45, 2.75) is 38.0 Å². The number of benzene rings is 1. The summed E-state index contributed by atoms with van der Waals surface area (Å²) in [5.41, 5.74) is -0.245. The van der Waals surface area contributed by atoms with E-state index in [0.29, 0.717) is 16.4 Å². The lowest BCUT2D eigenvalue weighted by molar-refractivity contribution is 0.0153. The highest BCUT2D eigenvalue weighted by atomic mass is 35.5. The Morgan fingerprint density at radius 3 is 2.50 bits per heavy atom. The van der Waals surface area contributed by atoms with Gasteiger partial charge in [0.25, 0.3) is 0 Å². The molecule has 1 fully saturated rings. The first-order chi connectivity index (χ1) is 16.7. The predicted molar refractivity (Wildman–Crippen MR) is 134 cm³/mol. The second-order valence-corrected chi connectivity index (χ2v) is 12.9. The van der Waals surface area contributed by atoms with Crippen LogP contribution >= 0.6 is 30.8 Å². The van der Waals surface area contributed by atoms with Crippen LogP contribution in [0.5, 0.6) is 0 Å². The van der Waals surface area contributed by atoms with Crippen molar-refractivity contribution in [3.63, 3.8) is 0 Å². The standard InChI is InChI=1S/C19H24Cl2N5O8PS/c1-10-16(23-7-11-5-3-4-6-12(11)20)24-19(21)25-17(10)26(22-2)18-15(28)14(27)13(34-18)8-36(32,33)9-35(29,30)31/h3-6,13-15,18,27-28H,2,7-9H2,1H3,(H,23,24,25)(H2,29,30,31)/t13-,14-,15-,18-/m1/s1. The number of aliphatic hydroxyl groups is 2. The second-order valence-electron chi connectivity index (χ2n) is 7.97. The van der Waals surface area contributed by atoms with Crippen molar-refractivity contribution in [1.29, 1.82) is 0 Å². The summed E-state index contributed by atoms with van der Waals surface area (Å²) in [6, 6.07) is 7.15. The third-order valence-corrected chi connectivity index (χ3v) is 9.52. The Balaban J connectivity index is 1.85. The Morgan fingerprint density at radius 2 is 1.89 bits per heavy atom. The minimum absolute atomic E-state index is 0.0432. The van der Waals surface area contributed by atoms with E-state index in [4.69, 9.17) is 37.7 Å². The summed E-state index contributed by atoms with van der Waals surface area (Å²) in [6.07, 6.45) is -6.37. The highest BCUT2D eigenvalue weighted by molar-refractivity contribution is 7.97. The first-order valence-electron chi connectivity index (χ1n) is 10.3. The van der Waals surface area contributed by atoms with Crippen molar-refractivity contribution in [2.75, 3.05) is 21.6 Å². The molecule has 0 aliphatic carbocycles. The first kappa shape index (κ1) is 28.7. The van der Waals surface area contributed by atoms with Gasteiger partial charge in [-0.3, -0.25) is 4.57 Å². The van der Waals surface area contributed by atoms with Gasteiger partial charge in [0.2, 0.25) is 5.28 Å². The maximum atomic E-state index is 12.2. The summed E-state index contributed by atoms with van der Waals surface area (Å²) in [4.78, 5) is 26.3. The van der Waals surface area contributed by atoms with Crippen molar-refractivity contribution in [3.05, 3.63) is 45.7 Å². The van der Waals surface area contributed by atoms with Gasteiger partial charge in [-0.25, -0.2) is 18.4 Å². The maximum absolute atomic E-state index is 12.2. The molecule has 1 saturated heterocycles. The van der Waals surface area contributed by atoms with E-state index in [-0.39, 0.29) is 17.6 Å². The zero-order valence-corrected chi connectivity index (χ0v) is 22.0. The Labute approximate surface area is 216 Å². The van der Waals surface area contributed by atoms with Crippen LogP contribution in [0.3, 0.4) is 0 Å². The number of ether oxygens (including phenoxy) is 1. The van der Waals surface area contributed by atoms with Crippen LogP contribution in [0.1, 0.15) is 11.1 Å². The van der Waals surface area contributed by atoms with Gasteiger partial charge in [0.05, 0.1) is 5.75 Å². The van der Waals surface area contributed by atoms with Crippen molar-refractivity contribution < 1.29 is 37.7 Å². The summed E-state index contributed by atoms with van der Waals surface area (Å²) in [7, 11) is -9.24. The molecular weight excluding hydrogens is 560 g/mol. The molecule has 1 aliphatic heterocycles. The van der Waals surface area contributed by atoms with Crippen LogP contribution < -0.4 is 10.3 Å². The number of nitrogens with one attached hydrogen (secondary N) is 1. The van der Waals surface area contributed by atoms with Crippen LogP contribution in [0.15, 0.2) is 29.4 Å². The molecule has 1 aliphatic rings. The first-order valence-corrected chi connectivity index (χ1v) is 14.6. The second kappa shape index (κ2) is 11.3. The van der Waals surface area contributed by atoms with E-state index in [1.165, 1.54) is 0 Å². The molecular formula is C19H24Cl2N5O8PS. The summed E-state index contributed by atoms with van der Waals surface area (Å²) >= 11 is 12.3. The number of rotatable bonds is 10. The Morgan fingerprint density at radius 1 is 1.22 bits per heavy atom. The van der Waals surface area contributed by atoms with Crippen LogP contribution in [0.4, 0.5) is 11.6 Å². The Kier molecular flexibility index (Phi) is 8.97. The number of nitrogens with zero attached hydrogens (tertiary/aromatic N) is 4. The van der Waals surface area contributed by atoms with E-state index in [9.17, 15) is 23.2 Å². The van der Waals surface area contributed by atoms with Gasteiger partial charge in [0, 0.05) is 23.8 Å². The molecule has 0 bridgehead atoms. The maximum Gasteiger partial charge on any atom is 0.340 e. The van der Waals surface area contributed by atoms with Crippen molar-refractivity contribution >= 4 is 59.0 Å². The van der Waals surface area contributed by atoms with Gasteiger partial charge in [0.15, 0.2) is 27.4 Å². The molecule has 17 heteroatoms. The quantitative estimate of drug-likeness (QED) is 0.116. The van der Waals surface area contributed by atoms with Crippen LogP contribution in [0, 0.1) is 6.92 Å². The fourth-order valence-electron chi connectivity index (χ4n) is 3.59. The van der Waals surface area contributed by atoms with Crippen LogP contribution in [-0.2, 0) is 25.7 Å². The van der Waals surface area contributed by atoms with Crippen LogP contribution in [0.2, 0.25) is 10.3 Å². The average Bonchev–Trinajstić information content (AvgIpc) is 3.02. The van der Waals surface area contributed by atoms with Gasteiger partial charge in [-0.15, -0.1) is 0 Å². The lowest BCUT2D eigenvalue weighted by Crippen LogP contribution is -2.42. The van der Waals surface area contributed by atoms with Gasteiger partial charge in [-0.1, -0.05) is 29.8 Å². The molecule has 0 radical (unpaired) electrons. The molecule has 2 aromatic rings. The minimum Gasteiger partial charge on any atom is -0.387 e. The zero-order chi connectivity index (χ0) is 26.8. The summed E-state index contributed by atoms with van der Waals surface area (Å²) in [5, 5.41) is 29.2. The Hall–Kier alpha value is -1.87. The number of aliphatic hydroxyl groups excluding tert-OH is 2. The molecule has 3 rings (SSSR count).